The van der Waals surface area contributed by atoms with Gasteiger partial charge in [0.2, 0.25) is 0 Å². The Kier molecular flexibility index (Phi) is 6.68. The molecule has 10 atom stereocenters. The smallest absolute Gasteiger partial charge is 0.0648 e. The van der Waals surface area contributed by atoms with E-state index in [0.29, 0.717) is 16.7 Å². The SMILES string of the molecule is CC[C@]1(O)CC[C@@]2(C)[C@@H](CC([C@H](C)CCCC(C)(C)O)[C@@H]3[C@@H]4C[C@@H](C)C[C@]4(C)CC[C@@H]32)C1. The van der Waals surface area contributed by atoms with E-state index in [2.05, 4.69) is 34.6 Å². The van der Waals surface area contributed by atoms with Crippen molar-refractivity contribution in [1.82, 2.24) is 0 Å². The molecule has 0 aliphatic heterocycles. The van der Waals surface area contributed by atoms with Gasteiger partial charge in [0.15, 0.2) is 0 Å². The van der Waals surface area contributed by atoms with E-state index in [9.17, 15) is 10.2 Å². The van der Waals surface area contributed by atoms with Crippen molar-refractivity contribution < 1.29 is 10.2 Å². The Bertz CT molecular complexity index is 666. The van der Waals surface area contributed by atoms with Gasteiger partial charge in [0.1, 0.15) is 0 Å². The van der Waals surface area contributed by atoms with E-state index in [-0.39, 0.29) is 0 Å². The van der Waals surface area contributed by atoms with Gasteiger partial charge < -0.3 is 10.2 Å². The zero-order valence-corrected chi connectivity index (χ0v) is 22.4. The van der Waals surface area contributed by atoms with Crippen molar-refractivity contribution in [3.8, 4) is 0 Å². The minimum Gasteiger partial charge on any atom is -0.390 e. The molecular formula is C30H54O2. The van der Waals surface area contributed by atoms with Gasteiger partial charge in [-0.25, -0.2) is 0 Å². The topological polar surface area (TPSA) is 40.5 Å². The van der Waals surface area contributed by atoms with Gasteiger partial charge in [0.05, 0.1) is 11.2 Å². The molecule has 186 valence electrons. The molecule has 0 aromatic carbocycles. The van der Waals surface area contributed by atoms with Crippen LogP contribution in [0.4, 0.5) is 0 Å². The Morgan fingerprint density at radius 1 is 1.03 bits per heavy atom. The second-order valence-corrected chi connectivity index (χ2v) is 14.6. The normalized spacial score (nSPS) is 49.8. The lowest BCUT2D eigenvalue weighted by Crippen LogP contribution is -2.58. The van der Waals surface area contributed by atoms with Gasteiger partial charge in [-0.05, 0) is 130 Å². The molecule has 4 rings (SSSR count). The standard InChI is InChI=1S/C30H54O2/c1-8-30(32)15-14-29(7)22(19-30)17-23(21(3)10-9-12-27(4,5)31)26-24(29)11-13-28(6)18-20(2)16-25(26)28/h20-26,31-32H,8-19H2,1-7H3/t20-,21-,22+,23?,24+,25+,26+,28+,29+,30+/m1/s1. The van der Waals surface area contributed by atoms with Gasteiger partial charge in [-0.3, -0.25) is 0 Å². The predicted molar refractivity (Wildman–Crippen MR) is 134 cm³/mol. The maximum absolute atomic E-state index is 11.3. The van der Waals surface area contributed by atoms with E-state index in [1.807, 2.05) is 13.8 Å². The molecule has 32 heavy (non-hydrogen) atoms. The average Bonchev–Trinajstić information content (AvgIpc) is 3.01. The molecule has 0 spiro atoms. The van der Waals surface area contributed by atoms with Crippen LogP contribution in [0, 0.1) is 52.3 Å². The van der Waals surface area contributed by atoms with Gasteiger partial charge >= 0.3 is 0 Å². The number of fused-ring (bicyclic) bond motifs is 5. The summed E-state index contributed by atoms with van der Waals surface area (Å²) in [5, 5.41) is 21.5. The summed E-state index contributed by atoms with van der Waals surface area (Å²) in [4.78, 5) is 0. The maximum atomic E-state index is 11.3. The quantitative estimate of drug-likeness (QED) is 0.441. The Labute approximate surface area is 199 Å². The lowest BCUT2D eigenvalue weighted by molar-refractivity contribution is -0.175. The van der Waals surface area contributed by atoms with Crippen LogP contribution < -0.4 is 0 Å². The van der Waals surface area contributed by atoms with Crippen LogP contribution in [-0.2, 0) is 0 Å². The summed E-state index contributed by atoms with van der Waals surface area (Å²) in [6, 6.07) is 0. The molecule has 0 bridgehead atoms. The highest BCUT2D eigenvalue weighted by atomic mass is 16.3. The van der Waals surface area contributed by atoms with Crippen LogP contribution in [-0.4, -0.2) is 21.4 Å². The molecule has 0 heterocycles. The Balaban J connectivity index is 1.62. The zero-order valence-electron chi connectivity index (χ0n) is 22.4. The first-order chi connectivity index (χ1) is 14.8. The van der Waals surface area contributed by atoms with E-state index in [4.69, 9.17) is 0 Å². The first kappa shape index (κ1) is 25.0. The van der Waals surface area contributed by atoms with E-state index >= 15 is 0 Å². The lowest BCUT2D eigenvalue weighted by atomic mass is 9.41. The first-order valence-corrected chi connectivity index (χ1v) is 14.2. The van der Waals surface area contributed by atoms with E-state index in [1.165, 1.54) is 44.9 Å². The number of hydrogen-bond acceptors (Lipinski definition) is 2. The predicted octanol–water partition coefficient (Wildman–Crippen LogP) is 7.61. The monoisotopic (exact) mass is 446 g/mol. The molecule has 0 radical (unpaired) electrons. The zero-order chi connectivity index (χ0) is 23.5. The minimum absolute atomic E-state index is 0.420. The second kappa shape index (κ2) is 8.54. The van der Waals surface area contributed by atoms with Crippen molar-refractivity contribution in [2.24, 2.45) is 52.3 Å². The second-order valence-electron chi connectivity index (χ2n) is 14.6. The van der Waals surface area contributed by atoms with Crippen molar-refractivity contribution >= 4 is 0 Å². The maximum Gasteiger partial charge on any atom is 0.0648 e. The fourth-order valence-electron chi connectivity index (χ4n) is 9.81. The van der Waals surface area contributed by atoms with Crippen LogP contribution in [0.2, 0.25) is 0 Å². The lowest BCUT2D eigenvalue weighted by Gasteiger charge is -2.64. The summed E-state index contributed by atoms with van der Waals surface area (Å²) in [5.41, 5.74) is 0.0334. The van der Waals surface area contributed by atoms with Crippen LogP contribution in [0.25, 0.3) is 0 Å². The molecule has 2 heteroatoms. The molecule has 4 saturated carbocycles. The van der Waals surface area contributed by atoms with Crippen LogP contribution in [0.5, 0.6) is 0 Å². The van der Waals surface area contributed by atoms with Gasteiger partial charge in [0.25, 0.3) is 0 Å². The van der Waals surface area contributed by atoms with Crippen molar-refractivity contribution in [2.75, 3.05) is 0 Å². The number of aliphatic hydroxyl groups is 2. The van der Waals surface area contributed by atoms with E-state index in [1.54, 1.807) is 0 Å². The van der Waals surface area contributed by atoms with Crippen LogP contribution in [0.1, 0.15) is 126 Å². The summed E-state index contributed by atoms with van der Waals surface area (Å²) in [7, 11) is 0. The largest absolute Gasteiger partial charge is 0.390 e. The van der Waals surface area contributed by atoms with Crippen molar-refractivity contribution in [3.63, 3.8) is 0 Å². The first-order valence-electron chi connectivity index (χ1n) is 14.2. The highest BCUT2D eigenvalue weighted by Crippen LogP contribution is 2.69. The molecule has 0 saturated heterocycles. The molecule has 0 aromatic rings. The summed E-state index contributed by atoms with van der Waals surface area (Å²) in [5.74, 6) is 5.74. The van der Waals surface area contributed by atoms with Crippen molar-refractivity contribution in [2.45, 2.75) is 137 Å². The van der Waals surface area contributed by atoms with Gasteiger partial charge in [-0.1, -0.05) is 47.5 Å². The molecule has 4 fully saturated rings. The molecule has 4 aliphatic rings. The summed E-state index contributed by atoms with van der Waals surface area (Å²) in [6.07, 6.45) is 14.6. The molecule has 2 nitrogen and oxygen atoms in total. The third kappa shape index (κ3) is 4.46. The number of hydrogen-bond donors (Lipinski definition) is 2. The Morgan fingerprint density at radius 3 is 2.41 bits per heavy atom. The Hall–Kier alpha value is -0.0800. The molecule has 4 aliphatic carbocycles. The van der Waals surface area contributed by atoms with E-state index in [0.717, 1.165) is 67.6 Å². The molecule has 1 unspecified atom stereocenters. The summed E-state index contributed by atoms with van der Waals surface area (Å²) >= 11 is 0. The molecule has 0 aromatic heterocycles. The van der Waals surface area contributed by atoms with Crippen LogP contribution >= 0.6 is 0 Å². The third-order valence-electron chi connectivity index (χ3n) is 11.7. The minimum atomic E-state index is -0.543. The van der Waals surface area contributed by atoms with Crippen LogP contribution in [0.15, 0.2) is 0 Å². The highest BCUT2D eigenvalue weighted by molar-refractivity contribution is 5.12. The average molecular weight is 447 g/mol. The molecule has 0 amide bonds. The molecular weight excluding hydrogens is 392 g/mol. The molecule has 2 N–H and O–H groups in total. The Morgan fingerprint density at radius 2 is 1.75 bits per heavy atom. The third-order valence-corrected chi connectivity index (χ3v) is 11.7. The van der Waals surface area contributed by atoms with Gasteiger partial charge in [-0.2, -0.15) is 0 Å². The van der Waals surface area contributed by atoms with Crippen molar-refractivity contribution in [3.05, 3.63) is 0 Å². The number of rotatable bonds is 6. The van der Waals surface area contributed by atoms with Gasteiger partial charge in [-0.15, -0.1) is 0 Å². The van der Waals surface area contributed by atoms with Crippen LogP contribution in [0.3, 0.4) is 0 Å². The fourth-order valence-corrected chi connectivity index (χ4v) is 9.81. The van der Waals surface area contributed by atoms with Gasteiger partial charge in [0, 0.05) is 0 Å². The fraction of sp³-hybridized carbons (Fsp3) is 1.00. The highest BCUT2D eigenvalue weighted by Gasteiger charge is 2.62. The van der Waals surface area contributed by atoms with E-state index < -0.39 is 11.2 Å². The summed E-state index contributed by atoms with van der Waals surface area (Å²) in [6.45, 7) is 16.4. The summed E-state index contributed by atoms with van der Waals surface area (Å²) < 4.78 is 0. The van der Waals surface area contributed by atoms with Crippen molar-refractivity contribution in [1.29, 1.82) is 0 Å².